The minimum absolute atomic E-state index is 0.00206. The number of halogens is 1. The van der Waals surface area contributed by atoms with E-state index in [0.717, 1.165) is 6.42 Å². The summed E-state index contributed by atoms with van der Waals surface area (Å²) in [6.45, 7) is 0. The fourth-order valence-electron chi connectivity index (χ4n) is 2.25. The van der Waals surface area contributed by atoms with Gasteiger partial charge in [0.05, 0.1) is 11.0 Å². The summed E-state index contributed by atoms with van der Waals surface area (Å²) in [4.78, 5) is 24.2. The molecule has 1 fully saturated rings. The van der Waals surface area contributed by atoms with Gasteiger partial charge in [-0.3, -0.25) is 14.9 Å². The Morgan fingerprint density at radius 2 is 2.20 bits per heavy atom. The second-order valence-corrected chi connectivity index (χ2v) is 5.70. The summed E-state index contributed by atoms with van der Waals surface area (Å²) in [5.41, 5.74) is -1.08. The molecule has 20 heavy (non-hydrogen) atoms. The average molecular weight is 338 g/mol. The number of hydrogen-bond acceptors (Lipinski definition) is 4. The van der Waals surface area contributed by atoms with Gasteiger partial charge in [-0.2, -0.15) is 5.26 Å². The Morgan fingerprint density at radius 1 is 1.55 bits per heavy atom. The van der Waals surface area contributed by atoms with Gasteiger partial charge in [-0.25, -0.2) is 0 Å². The van der Waals surface area contributed by atoms with E-state index in [0.29, 0.717) is 17.3 Å². The summed E-state index contributed by atoms with van der Waals surface area (Å²) < 4.78 is 0.530. The van der Waals surface area contributed by atoms with Crippen molar-refractivity contribution in [3.05, 3.63) is 38.3 Å². The number of nitrogens with zero attached hydrogens (tertiary/aromatic N) is 3. The molecule has 0 bridgehead atoms. The Balaban J connectivity index is 2.39. The van der Waals surface area contributed by atoms with Crippen molar-refractivity contribution in [3.63, 3.8) is 0 Å². The fraction of sp³-hybridized carbons (Fsp3) is 0.385. The molecule has 0 aliphatic heterocycles. The molecule has 7 heteroatoms. The predicted octanol–water partition coefficient (Wildman–Crippen LogP) is 2.88. The van der Waals surface area contributed by atoms with Gasteiger partial charge in [0.25, 0.3) is 11.6 Å². The van der Waals surface area contributed by atoms with E-state index in [1.165, 1.54) is 24.1 Å². The Labute approximate surface area is 124 Å². The molecule has 1 aliphatic rings. The molecule has 0 N–H and O–H groups in total. The second-order valence-electron chi connectivity index (χ2n) is 4.78. The van der Waals surface area contributed by atoms with Crippen molar-refractivity contribution in [2.75, 3.05) is 7.05 Å². The molecule has 1 aromatic rings. The average Bonchev–Trinajstić information content (AvgIpc) is 2.37. The van der Waals surface area contributed by atoms with E-state index in [2.05, 4.69) is 22.0 Å². The summed E-state index contributed by atoms with van der Waals surface area (Å²) in [5, 5.41) is 20.3. The normalized spacial score (nSPS) is 15.8. The number of carbonyl (C=O) groups excluding carboxylic acids is 1. The van der Waals surface area contributed by atoms with Crippen molar-refractivity contribution in [1.29, 1.82) is 5.26 Å². The van der Waals surface area contributed by atoms with Crippen LogP contribution in [-0.2, 0) is 0 Å². The van der Waals surface area contributed by atoms with Crippen LogP contribution in [0.25, 0.3) is 0 Å². The highest BCUT2D eigenvalue weighted by molar-refractivity contribution is 9.10. The molecule has 0 saturated heterocycles. The van der Waals surface area contributed by atoms with Crippen LogP contribution >= 0.6 is 15.9 Å². The molecule has 104 valence electrons. The number of nitriles is 1. The maximum Gasteiger partial charge on any atom is 0.283 e. The summed E-state index contributed by atoms with van der Waals surface area (Å²) in [6, 6.07) is 6.43. The van der Waals surface area contributed by atoms with Gasteiger partial charge >= 0.3 is 0 Å². The molecule has 1 amide bonds. The van der Waals surface area contributed by atoms with Gasteiger partial charge in [0.1, 0.15) is 11.1 Å². The molecule has 0 unspecified atom stereocenters. The van der Waals surface area contributed by atoms with Crippen LogP contribution in [0.1, 0.15) is 29.6 Å². The summed E-state index contributed by atoms with van der Waals surface area (Å²) in [7, 11) is 1.52. The second kappa shape index (κ2) is 5.21. The summed E-state index contributed by atoms with van der Waals surface area (Å²) >= 11 is 3.15. The minimum Gasteiger partial charge on any atom is -0.323 e. The number of carbonyl (C=O) groups is 1. The topological polar surface area (TPSA) is 87.2 Å². The first-order valence-electron chi connectivity index (χ1n) is 6.05. The third-order valence-electron chi connectivity index (χ3n) is 3.72. The Morgan fingerprint density at radius 3 is 2.65 bits per heavy atom. The zero-order valence-electron chi connectivity index (χ0n) is 10.8. The van der Waals surface area contributed by atoms with Gasteiger partial charge in [0.15, 0.2) is 0 Å². The van der Waals surface area contributed by atoms with Crippen molar-refractivity contribution < 1.29 is 9.72 Å². The highest BCUT2D eigenvalue weighted by Crippen LogP contribution is 2.38. The van der Waals surface area contributed by atoms with E-state index in [1.54, 1.807) is 6.07 Å². The maximum atomic E-state index is 12.4. The quantitative estimate of drug-likeness (QED) is 0.626. The van der Waals surface area contributed by atoms with E-state index in [9.17, 15) is 20.2 Å². The molecular weight excluding hydrogens is 326 g/mol. The summed E-state index contributed by atoms with van der Waals surface area (Å²) in [5.74, 6) is -0.495. The minimum atomic E-state index is -0.821. The first-order valence-corrected chi connectivity index (χ1v) is 6.84. The van der Waals surface area contributed by atoms with Crippen LogP contribution in [0.5, 0.6) is 0 Å². The molecule has 1 saturated carbocycles. The largest absolute Gasteiger partial charge is 0.323 e. The molecule has 0 heterocycles. The molecule has 0 spiro atoms. The monoisotopic (exact) mass is 337 g/mol. The third kappa shape index (κ3) is 2.27. The number of hydrogen-bond donors (Lipinski definition) is 0. The fourth-order valence-corrected chi connectivity index (χ4v) is 2.59. The number of nitro groups is 1. The van der Waals surface area contributed by atoms with E-state index in [4.69, 9.17) is 0 Å². The Kier molecular flexibility index (Phi) is 3.77. The Hall–Kier alpha value is -1.94. The highest BCUT2D eigenvalue weighted by Gasteiger charge is 2.44. The van der Waals surface area contributed by atoms with Gasteiger partial charge in [0.2, 0.25) is 0 Å². The van der Waals surface area contributed by atoms with Gasteiger partial charge in [-0.15, -0.1) is 0 Å². The van der Waals surface area contributed by atoms with Crippen LogP contribution in [0.4, 0.5) is 5.69 Å². The molecule has 0 aromatic heterocycles. The molecular formula is C13H12BrN3O3. The first-order chi connectivity index (χ1) is 9.41. The SMILES string of the molecule is CN(C(=O)c1ccc(Br)cc1[N+](=O)[O-])C1(C#N)CCC1. The zero-order valence-corrected chi connectivity index (χ0v) is 12.4. The van der Waals surface area contributed by atoms with Crippen LogP contribution in [0.15, 0.2) is 22.7 Å². The lowest BCUT2D eigenvalue weighted by molar-refractivity contribution is -0.385. The van der Waals surface area contributed by atoms with Gasteiger partial charge < -0.3 is 4.90 Å². The molecule has 1 aromatic carbocycles. The third-order valence-corrected chi connectivity index (χ3v) is 4.22. The standard InChI is InChI=1S/C13H12BrN3O3/c1-16(13(8-15)5-2-6-13)12(18)10-4-3-9(14)7-11(10)17(19)20/h3-4,7H,2,5-6H2,1H3. The lowest BCUT2D eigenvalue weighted by atomic mass is 9.76. The van der Waals surface area contributed by atoms with Crippen molar-refractivity contribution >= 4 is 27.5 Å². The first kappa shape index (κ1) is 14.5. The van der Waals surface area contributed by atoms with Crippen LogP contribution in [0.2, 0.25) is 0 Å². The van der Waals surface area contributed by atoms with Crippen molar-refractivity contribution in [3.8, 4) is 6.07 Å². The van der Waals surface area contributed by atoms with E-state index in [1.807, 2.05) is 0 Å². The van der Waals surface area contributed by atoms with Crippen LogP contribution in [0, 0.1) is 21.4 Å². The van der Waals surface area contributed by atoms with Crippen LogP contribution < -0.4 is 0 Å². The number of amides is 1. The molecule has 6 nitrogen and oxygen atoms in total. The zero-order chi connectivity index (χ0) is 14.9. The van der Waals surface area contributed by atoms with Crippen molar-refractivity contribution in [2.24, 2.45) is 0 Å². The number of nitro benzene ring substituents is 1. The Bertz CT molecular complexity index is 620. The lowest BCUT2D eigenvalue weighted by Crippen LogP contribution is -2.53. The lowest BCUT2D eigenvalue weighted by Gasteiger charge is -2.42. The van der Waals surface area contributed by atoms with E-state index in [-0.39, 0.29) is 11.3 Å². The molecule has 0 atom stereocenters. The maximum absolute atomic E-state index is 12.4. The number of rotatable bonds is 3. The van der Waals surface area contributed by atoms with Gasteiger partial charge in [-0.1, -0.05) is 15.9 Å². The molecule has 1 aliphatic carbocycles. The summed E-state index contributed by atoms with van der Waals surface area (Å²) in [6.07, 6.45) is 2.10. The van der Waals surface area contributed by atoms with Crippen molar-refractivity contribution in [2.45, 2.75) is 24.8 Å². The molecule has 2 rings (SSSR count). The highest BCUT2D eigenvalue weighted by atomic mass is 79.9. The van der Waals surface area contributed by atoms with Crippen LogP contribution in [0.3, 0.4) is 0 Å². The predicted molar refractivity (Wildman–Crippen MR) is 75.1 cm³/mol. The van der Waals surface area contributed by atoms with E-state index >= 15 is 0 Å². The van der Waals surface area contributed by atoms with E-state index < -0.39 is 16.4 Å². The number of benzene rings is 1. The van der Waals surface area contributed by atoms with Crippen molar-refractivity contribution in [1.82, 2.24) is 4.90 Å². The molecule has 0 radical (unpaired) electrons. The van der Waals surface area contributed by atoms with Crippen LogP contribution in [-0.4, -0.2) is 28.3 Å². The van der Waals surface area contributed by atoms with Gasteiger partial charge in [-0.05, 0) is 31.4 Å². The van der Waals surface area contributed by atoms with Gasteiger partial charge in [0, 0.05) is 17.6 Å². The smallest absolute Gasteiger partial charge is 0.283 e.